The first-order chi connectivity index (χ1) is 7.31. The zero-order valence-electron chi connectivity index (χ0n) is 8.41. The Kier molecular flexibility index (Phi) is 2.93. The van der Waals surface area contributed by atoms with Crippen molar-refractivity contribution in [2.45, 2.75) is 0 Å². The third-order valence-electron chi connectivity index (χ3n) is 2.26. The number of benzene rings is 2. The Morgan fingerprint density at radius 1 is 1.00 bits per heavy atom. The number of halogens is 1. The molecule has 0 atom stereocenters. The summed E-state index contributed by atoms with van der Waals surface area (Å²) < 4.78 is 5.17. The fourth-order valence-corrected chi connectivity index (χ4v) is 1.70. The van der Waals surface area contributed by atoms with Crippen molar-refractivity contribution in [3.63, 3.8) is 0 Å². The van der Waals surface area contributed by atoms with E-state index in [9.17, 15) is 0 Å². The van der Waals surface area contributed by atoms with Crippen molar-refractivity contribution in [2.75, 3.05) is 7.11 Å². The second-order valence-electron chi connectivity index (χ2n) is 3.21. The van der Waals surface area contributed by atoms with Gasteiger partial charge in [-0.05, 0) is 23.8 Å². The molecule has 0 saturated heterocycles. The van der Waals surface area contributed by atoms with Gasteiger partial charge in [0.2, 0.25) is 0 Å². The summed E-state index contributed by atoms with van der Waals surface area (Å²) in [7, 11) is 1.65. The molecule has 0 N–H and O–H groups in total. The first-order valence-electron chi connectivity index (χ1n) is 4.70. The number of hydrogen-bond donors (Lipinski definition) is 0. The average Bonchev–Trinajstić information content (AvgIpc) is 2.31. The molecule has 0 aliphatic rings. The first kappa shape index (κ1) is 10.1. The van der Waals surface area contributed by atoms with Crippen LogP contribution in [0, 0.1) is 0 Å². The molecule has 0 heterocycles. The smallest absolute Gasteiger partial charge is 0.119 e. The minimum Gasteiger partial charge on any atom is -0.497 e. The second-order valence-corrected chi connectivity index (χ2v) is 3.62. The van der Waals surface area contributed by atoms with Crippen LogP contribution < -0.4 is 4.74 Å². The quantitative estimate of drug-likeness (QED) is 0.740. The predicted octanol–water partition coefficient (Wildman–Crippen LogP) is 4.02. The fraction of sp³-hybridized carbons (Fsp3) is 0.0769. The summed E-state index contributed by atoms with van der Waals surface area (Å²) in [5.41, 5.74) is 2.10. The average molecular weight is 219 g/mol. The summed E-state index contributed by atoms with van der Waals surface area (Å²) in [5, 5.41) is 0.738. The Morgan fingerprint density at radius 2 is 1.73 bits per heavy atom. The van der Waals surface area contributed by atoms with Crippen molar-refractivity contribution >= 4 is 11.6 Å². The Balaban J connectivity index is 2.52. The number of ether oxygens (including phenoxy) is 1. The van der Waals surface area contributed by atoms with E-state index in [1.165, 1.54) is 0 Å². The lowest BCUT2D eigenvalue weighted by Crippen LogP contribution is -1.84. The maximum Gasteiger partial charge on any atom is 0.119 e. The highest BCUT2D eigenvalue weighted by Gasteiger charge is 2.04. The molecule has 2 aromatic carbocycles. The van der Waals surface area contributed by atoms with Crippen LogP contribution in [0.1, 0.15) is 0 Å². The molecule has 0 unspecified atom stereocenters. The SMILES string of the molecule is COc1ccc(Cl)c(-c2ccccc2)c1. The minimum atomic E-state index is 0.738. The van der Waals surface area contributed by atoms with Crippen LogP contribution in [0.3, 0.4) is 0 Å². The van der Waals surface area contributed by atoms with E-state index in [2.05, 4.69) is 0 Å². The van der Waals surface area contributed by atoms with Gasteiger partial charge in [-0.25, -0.2) is 0 Å². The molecule has 0 saturated carbocycles. The van der Waals surface area contributed by atoms with Crippen molar-refractivity contribution < 1.29 is 4.74 Å². The molecule has 76 valence electrons. The Bertz CT molecular complexity index is 451. The highest BCUT2D eigenvalue weighted by atomic mass is 35.5. The highest BCUT2D eigenvalue weighted by molar-refractivity contribution is 6.33. The Morgan fingerprint density at radius 3 is 2.40 bits per heavy atom. The molecule has 0 fully saturated rings. The van der Waals surface area contributed by atoms with Gasteiger partial charge in [-0.15, -0.1) is 0 Å². The molecule has 0 amide bonds. The normalized spacial score (nSPS) is 10.0. The van der Waals surface area contributed by atoms with E-state index >= 15 is 0 Å². The van der Waals surface area contributed by atoms with E-state index in [0.29, 0.717) is 0 Å². The molecular weight excluding hydrogens is 208 g/mol. The van der Waals surface area contributed by atoms with Crippen molar-refractivity contribution in [2.24, 2.45) is 0 Å². The first-order valence-corrected chi connectivity index (χ1v) is 5.08. The van der Waals surface area contributed by atoms with Crippen molar-refractivity contribution in [1.29, 1.82) is 0 Å². The lowest BCUT2D eigenvalue weighted by molar-refractivity contribution is 0.415. The van der Waals surface area contributed by atoms with Gasteiger partial charge in [0.15, 0.2) is 0 Å². The van der Waals surface area contributed by atoms with Crippen molar-refractivity contribution in [3.05, 3.63) is 53.6 Å². The van der Waals surface area contributed by atoms with Crippen LogP contribution >= 0.6 is 11.6 Å². The zero-order valence-corrected chi connectivity index (χ0v) is 9.16. The molecule has 2 aromatic rings. The molecule has 0 bridgehead atoms. The summed E-state index contributed by atoms with van der Waals surface area (Å²) in [5.74, 6) is 0.818. The van der Waals surface area contributed by atoms with E-state index in [0.717, 1.165) is 21.9 Å². The molecule has 0 aromatic heterocycles. The molecule has 0 aliphatic heterocycles. The maximum atomic E-state index is 6.13. The monoisotopic (exact) mass is 218 g/mol. The van der Waals surface area contributed by atoms with Crippen LogP contribution in [-0.2, 0) is 0 Å². The molecule has 0 spiro atoms. The highest BCUT2D eigenvalue weighted by Crippen LogP contribution is 2.30. The lowest BCUT2D eigenvalue weighted by atomic mass is 10.1. The molecule has 15 heavy (non-hydrogen) atoms. The van der Waals surface area contributed by atoms with Crippen LogP contribution in [0.4, 0.5) is 0 Å². The zero-order chi connectivity index (χ0) is 10.7. The van der Waals surface area contributed by atoms with Crippen LogP contribution in [-0.4, -0.2) is 7.11 Å². The van der Waals surface area contributed by atoms with E-state index in [1.54, 1.807) is 7.11 Å². The van der Waals surface area contributed by atoms with Crippen LogP contribution in [0.2, 0.25) is 5.02 Å². The van der Waals surface area contributed by atoms with Gasteiger partial charge in [0, 0.05) is 10.6 Å². The molecule has 2 rings (SSSR count). The van der Waals surface area contributed by atoms with E-state index in [4.69, 9.17) is 16.3 Å². The predicted molar refractivity (Wildman–Crippen MR) is 63.4 cm³/mol. The van der Waals surface area contributed by atoms with Crippen LogP contribution in [0.15, 0.2) is 48.5 Å². The summed E-state index contributed by atoms with van der Waals surface area (Å²) in [6.45, 7) is 0. The largest absolute Gasteiger partial charge is 0.497 e. The van der Waals surface area contributed by atoms with E-state index in [-0.39, 0.29) is 0 Å². The maximum absolute atomic E-state index is 6.13. The van der Waals surface area contributed by atoms with Gasteiger partial charge in [-0.2, -0.15) is 0 Å². The number of methoxy groups -OCH3 is 1. The van der Waals surface area contributed by atoms with Crippen molar-refractivity contribution in [1.82, 2.24) is 0 Å². The number of rotatable bonds is 2. The Hall–Kier alpha value is -1.47. The van der Waals surface area contributed by atoms with Gasteiger partial charge in [0.05, 0.1) is 7.11 Å². The molecule has 0 radical (unpaired) electrons. The topological polar surface area (TPSA) is 9.23 Å². The van der Waals surface area contributed by atoms with Gasteiger partial charge in [-0.1, -0.05) is 41.9 Å². The second kappa shape index (κ2) is 4.37. The summed E-state index contributed by atoms with van der Waals surface area (Å²) in [4.78, 5) is 0. The Labute approximate surface area is 94.3 Å². The standard InChI is InChI=1S/C13H11ClO/c1-15-11-7-8-13(14)12(9-11)10-5-3-2-4-6-10/h2-9H,1H3. The summed E-state index contributed by atoms with van der Waals surface area (Å²) in [6.07, 6.45) is 0. The van der Waals surface area contributed by atoms with Gasteiger partial charge < -0.3 is 4.74 Å². The molecule has 0 aliphatic carbocycles. The fourth-order valence-electron chi connectivity index (χ4n) is 1.47. The molecular formula is C13H11ClO. The van der Waals surface area contributed by atoms with Gasteiger partial charge in [0.1, 0.15) is 5.75 Å². The van der Waals surface area contributed by atoms with E-state index in [1.807, 2.05) is 48.5 Å². The summed E-state index contributed by atoms with van der Waals surface area (Å²) >= 11 is 6.13. The lowest BCUT2D eigenvalue weighted by Gasteiger charge is -2.06. The van der Waals surface area contributed by atoms with Gasteiger partial charge in [0.25, 0.3) is 0 Å². The number of hydrogen-bond acceptors (Lipinski definition) is 1. The minimum absolute atomic E-state index is 0.738. The van der Waals surface area contributed by atoms with E-state index < -0.39 is 0 Å². The van der Waals surface area contributed by atoms with Gasteiger partial charge in [-0.3, -0.25) is 0 Å². The molecule has 2 heteroatoms. The van der Waals surface area contributed by atoms with Crippen molar-refractivity contribution in [3.8, 4) is 16.9 Å². The van der Waals surface area contributed by atoms with Crippen LogP contribution in [0.25, 0.3) is 11.1 Å². The summed E-state index contributed by atoms with van der Waals surface area (Å²) in [6, 6.07) is 15.7. The third kappa shape index (κ3) is 2.13. The van der Waals surface area contributed by atoms with Gasteiger partial charge >= 0.3 is 0 Å². The van der Waals surface area contributed by atoms with Crippen LogP contribution in [0.5, 0.6) is 5.75 Å². The molecule has 1 nitrogen and oxygen atoms in total. The third-order valence-corrected chi connectivity index (χ3v) is 2.59.